The number of halogens is 2. The number of nitrogens with zero attached hydrogens (tertiary/aromatic N) is 2. The van der Waals surface area contributed by atoms with Crippen molar-refractivity contribution in [1.82, 2.24) is 9.97 Å². The Balaban J connectivity index is 2.24. The van der Waals surface area contributed by atoms with E-state index in [2.05, 4.69) is 31.2 Å². The van der Waals surface area contributed by atoms with Gasteiger partial charge in [0.25, 0.3) is 5.91 Å². The van der Waals surface area contributed by atoms with Gasteiger partial charge in [-0.05, 0) is 18.2 Å². The molecule has 1 amide bonds. The predicted octanol–water partition coefficient (Wildman–Crippen LogP) is 2.21. The van der Waals surface area contributed by atoms with E-state index >= 15 is 0 Å². The maximum Gasteiger partial charge on any atom is 0.276 e. The first-order valence-electron chi connectivity index (χ1n) is 4.90. The van der Waals surface area contributed by atoms with Crippen LogP contribution in [0, 0.1) is 5.82 Å². The lowest BCUT2D eigenvalue weighted by Gasteiger charge is -2.06. The van der Waals surface area contributed by atoms with Crippen LogP contribution in [-0.2, 0) is 0 Å². The number of carbonyl (C=O) groups is 1. The molecule has 0 saturated carbocycles. The number of hydrogen-bond donors (Lipinski definition) is 2. The summed E-state index contributed by atoms with van der Waals surface area (Å²) in [5.74, 6) is -0.993. The van der Waals surface area contributed by atoms with Crippen molar-refractivity contribution < 1.29 is 9.18 Å². The highest BCUT2D eigenvalue weighted by Gasteiger charge is 2.11. The van der Waals surface area contributed by atoms with E-state index in [4.69, 9.17) is 5.73 Å². The van der Waals surface area contributed by atoms with Crippen LogP contribution in [0.15, 0.2) is 35.1 Å². The number of nitrogens with one attached hydrogen (secondary N) is 1. The van der Waals surface area contributed by atoms with E-state index in [9.17, 15) is 9.18 Å². The summed E-state index contributed by atoms with van der Waals surface area (Å²) in [6, 6.07) is 4.23. The molecule has 0 aliphatic heterocycles. The number of aromatic nitrogens is 2. The summed E-state index contributed by atoms with van der Waals surface area (Å²) in [6.45, 7) is 0. The van der Waals surface area contributed by atoms with Gasteiger partial charge in [-0.2, -0.15) is 0 Å². The van der Waals surface area contributed by atoms with Crippen molar-refractivity contribution in [1.29, 1.82) is 0 Å². The number of amides is 1. The second-order valence-electron chi connectivity index (χ2n) is 3.41. The van der Waals surface area contributed by atoms with Gasteiger partial charge in [-0.25, -0.2) is 9.37 Å². The average molecular weight is 311 g/mol. The van der Waals surface area contributed by atoms with Gasteiger partial charge < -0.3 is 11.1 Å². The fourth-order valence-electron chi connectivity index (χ4n) is 1.27. The number of benzene rings is 1. The van der Waals surface area contributed by atoms with E-state index < -0.39 is 11.7 Å². The van der Waals surface area contributed by atoms with Crippen molar-refractivity contribution in [3.8, 4) is 0 Å². The van der Waals surface area contributed by atoms with E-state index in [1.54, 1.807) is 0 Å². The van der Waals surface area contributed by atoms with Crippen molar-refractivity contribution >= 4 is 33.3 Å². The predicted molar refractivity (Wildman–Crippen MR) is 68.5 cm³/mol. The van der Waals surface area contributed by atoms with Gasteiger partial charge in [0.1, 0.15) is 17.3 Å². The molecule has 1 aromatic carbocycles. The zero-order valence-electron chi connectivity index (χ0n) is 9.02. The SMILES string of the molecule is Nc1cncc(C(=O)Nc2cc(Br)ccc2F)n1. The summed E-state index contributed by atoms with van der Waals surface area (Å²) in [5, 5.41) is 2.39. The fraction of sp³-hybridized carbons (Fsp3) is 0. The van der Waals surface area contributed by atoms with Crippen molar-refractivity contribution in [2.24, 2.45) is 0 Å². The molecule has 0 aliphatic carbocycles. The van der Waals surface area contributed by atoms with Gasteiger partial charge in [0.15, 0.2) is 0 Å². The molecule has 1 heterocycles. The first-order valence-corrected chi connectivity index (χ1v) is 5.69. The van der Waals surface area contributed by atoms with Crippen LogP contribution < -0.4 is 11.1 Å². The monoisotopic (exact) mass is 310 g/mol. The molecule has 18 heavy (non-hydrogen) atoms. The minimum Gasteiger partial charge on any atom is -0.382 e. The molecule has 0 bridgehead atoms. The van der Waals surface area contributed by atoms with Gasteiger partial charge in [0.2, 0.25) is 0 Å². The Labute approximate surface area is 110 Å². The van der Waals surface area contributed by atoms with Crippen molar-refractivity contribution in [2.75, 3.05) is 11.1 Å². The molecule has 92 valence electrons. The third kappa shape index (κ3) is 2.80. The standard InChI is InChI=1S/C11H8BrFN4O/c12-6-1-2-7(13)8(3-6)17-11(18)9-4-15-5-10(14)16-9/h1-5H,(H2,14,16)(H,17,18). The van der Waals surface area contributed by atoms with Crippen LogP contribution in [0.1, 0.15) is 10.5 Å². The molecule has 0 unspecified atom stereocenters. The fourth-order valence-corrected chi connectivity index (χ4v) is 1.63. The molecule has 7 heteroatoms. The van der Waals surface area contributed by atoms with Crippen LogP contribution in [0.2, 0.25) is 0 Å². The average Bonchev–Trinajstić information content (AvgIpc) is 2.34. The van der Waals surface area contributed by atoms with Gasteiger partial charge in [-0.1, -0.05) is 15.9 Å². The largest absolute Gasteiger partial charge is 0.382 e. The highest BCUT2D eigenvalue weighted by Crippen LogP contribution is 2.20. The second kappa shape index (κ2) is 5.09. The van der Waals surface area contributed by atoms with Crippen LogP contribution in [0.5, 0.6) is 0 Å². The van der Waals surface area contributed by atoms with Gasteiger partial charge in [-0.15, -0.1) is 0 Å². The Hall–Kier alpha value is -2.02. The molecule has 0 radical (unpaired) electrons. The smallest absolute Gasteiger partial charge is 0.276 e. The normalized spacial score (nSPS) is 10.1. The minimum absolute atomic E-state index is 0.0226. The molecule has 0 atom stereocenters. The van der Waals surface area contributed by atoms with Crippen molar-refractivity contribution in [3.63, 3.8) is 0 Å². The Bertz CT molecular complexity index is 605. The van der Waals surface area contributed by atoms with Crippen LogP contribution in [-0.4, -0.2) is 15.9 Å². The lowest BCUT2D eigenvalue weighted by atomic mass is 10.3. The van der Waals surface area contributed by atoms with Gasteiger partial charge in [-0.3, -0.25) is 9.78 Å². The number of anilines is 2. The first kappa shape index (κ1) is 12.4. The summed E-state index contributed by atoms with van der Waals surface area (Å²) in [4.78, 5) is 19.3. The van der Waals surface area contributed by atoms with Crippen LogP contribution in [0.4, 0.5) is 15.9 Å². The molecule has 5 nitrogen and oxygen atoms in total. The summed E-state index contributed by atoms with van der Waals surface area (Å²) >= 11 is 3.19. The van der Waals surface area contributed by atoms with Crippen molar-refractivity contribution in [2.45, 2.75) is 0 Å². The minimum atomic E-state index is -0.577. The van der Waals surface area contributed by atoms with E-state index in [-0.39, 0.29) is 17.2 Å². The quantitative estimate of drug-likeness (QED) is 0.891. The summed E-state index contributed by atoms with van der Waals surface area (Å²) < 4.78 is 14.1. The number of rotatable bonds is 2. The lowest BCUT2D eigenvalue weighted by Crippen LogP contribution is -2.15. The third-order valence-electron chi connectivity index (χ3n) is 2.06. The number of nitrogen functional groups attached to an aromatic ring is 1. The van der Waals surface area contributed by atoms with Crippen LogP contribution in [0.3, 0.4) is 0 Å². The van der Waals surface area contributed by atoms with E-state index in [1.165, 1.54) is 30.6 Å². The Morgan fingerprint density at radius 1 is 1.39 bits per heavy atom. The van der Waals surface area contributed by atoms with Gasteiger partial charge in [0.05, 0.1) is 18.1 Å². The van der Waals surface area contributed by atoms with Crippen LogP contribution in [0.25, 0.3) is 0 Å². The molecule has 3 N–H and O–H groups in total. The highest BCUT2D eigenvalue weighted by molar-refractivity contribution is 9.10. The lowest BCUT2D eigenvalue weighted by molar-refractivity contribution is 0.102. The maximum atomic E-state index is 13.4. The van der Waals surface area contributed by atoms with Crippen molar-refractivity contribution in [3.05, 3.63) is 46.6 Å². The molecule has 0 aliphatic rings. The van der Waals surface area contributed by atoms with Gasteiger partial charge >= 0.3 is 0 Å². The Morgan fingerprint density at radius 3 is 2.89 bits per heavy atom. The van der Waals surface area contributed by atoms with Gasteiger partial charge in [0, 0.05) is 4.47 Å². The first-order chi connectivity index (χ1) is 8.56. The summed E-state index contributed by atoms with van der Waals surface area (Å²) in [6.07, 6.45) is 2.57. The zero-order valence-corrected chi connectivity index (χ0v) is 10.6. The molecule has 0 saturated heterocycles. The molecule has 0 spiro atoms. The van der Waals surface area contributed by atoms with E-state index in [0.29, 0.717) is 4.47 Å². The number of nitrogens with two attached hydrogens (primary N) is 1. The molecule has 2 rings (SSSR count). The van der Waals surface area contributed by atoms with E-state index in [1.807, 2.05) is 0 Å². The van der Waals surface area contributed by atoms with Crippen LogP contribution >= 0.6 is 15.9 Å². The molecular weight excluding hydrogens is 303 g/mol. The zero-order chi connectivity index (χ0) is 13.1. The summed E-state index contributed by atoms with van der Waals surface area (Å²) in [7, 11) is 0. The third-order valence-corrected chi connectivity index (χ3v) is 2.56. The Morgan fingerprint density at radius 2 is 2.17 bits per heavy atom. The second-order valence-corrected chi connectivity index (χ2v) is 4.32. The summed E-state index contributed by atoms with van der Waals surface area (Å²) in [5.41, 5.74) is 5.49. The molecule has 0 fully saturated rings. The Kier molecular flexibility index (Phi) is 3.52. The number of carbonyl (C=O) groups excluding carboxylic acids is 1. The van der Waals surface area contributed by atoms with E-state index in [0.717, 1.165) is 0 Å². The molecule has 2 aromatic rings. The topological polar surface area (TPSA) is 80.9 Å². The molecule has 1 aromatic heterocycles. The highest BCUT2D eigenvalue weighted by atomic mass is 79.9. The molecular formula is C11H8BrFN4O. The maximum absolute atomic E-state index is 13.4. The number of hydrogen-bond acceptors (Lipinski definition) is 4.